The van der Waals surface area contributed by atoms with Crippen LogP contribution in [-0.4, -0.2) is 58.4 Å². The number of aromatic nitrogens is 3. The second-order valence-corrected chi connectivity index (χ2v) is 5.84. The molecule has 1 N–H and O–H groups in total. The number of nitrogens with one attached hydrogen (secondary N) is 1. The van der Waals surface area contributed by atoms with Crippen LogP contribution in [0.4, 0.5) is 0 Å². The van der Waals surface area contributed by atoms with Gasteiger partial charge in [-0.15, -0.1) is 10.2 Å². The van der Waals surface area contributed by atoms with Crippen molar-refractivity contribution in [3.63, 3.8) is 0 Å². The van der Waals surface area contributed by atoms with E-state index in [0.717, 1.165) is 31.9 Å². The summed E-state index contributed by atoms with van der Waals surface area (Å²) in [5, 5.41) is 11.0. The smallest absolute Gasteiger partial charge is 0.234 e. The van der Waals surface area contributed by atoms with Crippen LogP contribution in [0.2, 0.25) is 0 Å². The van der Waals surface area contributed by atoms with Crippen LogP contribution in [0.15, 0.2) is 36.7 Å². The summed E-state index contributed by atoms with van der Waals surface area (Å²) >= 11 is 0. The Morgan fingerprint density at radius 2 is 2.00 bits per heavy atom. The van der Waals surface area contributed by atoms with Crippen LogP contribution < -0.4 is 5.32 Å². The van der Waals surface area contributed by atoms with Gasteiger partial charge in [0.1, 0.15) is 6.33 Å². The monoisotopic (exact) mass is 329 g/mol. The molecule has 0 saturated carbocycles. The van der Waals surface area contributed by atoms with E-state index in [-0.39, 0.29) is 5.91 Å². The van der Waals surface area contributed by atoms with Gasteiger partial charge in [0.2, 0.25) is 5.91 Å². The number of carbonyl (C=O) groups excluding carboxylic acids is 1. The molecule has 3 rings (SSSR count). The minimum Gasteiger partial charge on any atom is -0.379 e. The summed E-state index contributed by atoms with van der Waals surface area (Å²) in [7, 11) is 0. The zero-order valence-corrected chi connectivity index (χ0v) is 13.7. The molecule has 0 radical (unpaired) electrons. The highest BCUT2D eigenvalue weighted by Gasteiger charge is 2.14. The van der Waals surface area contributed by atoms with Crippen molar-refractivity contribution in [2.75, 3.05) is 32.8 Å². The summed E-state index contributed by atoms with van der Waals surface area (Å²) in [5.74, 6) is 0.788. The minimum atomic E-state index is 0.00880. The van der Waals surface area contributed by atoms with Crippen molar-refractivity contribution in [1.29, 1.82) is 0 Å². The van der Waals surface area contributed by atoms with Crippen LogP contribution in [0.5, 0.6) is 0 Å². The Kier molecular flexibility index (Phi) is 5.92. The molecular formula is C17H23N5O2. The Morgan fingerprint density at radius 1 is 1.21 bits per heavy atom. The first-order valence-electron chi connectivity index (χ1n) is 8.28. The Labute approximate surface area is 141 Å². The molecule has 2 aromatic rings. The Balaban J connectivity index is 1.45. The van der Waals surface area contributed by atoms with Crippen molar-refractivity contribution < 1.29 is 9.53 Å². The summed E-state index contributed by atoms with van der Waals surface area (Å²) in [6.07, 6.45) is 2.63. The number of hydrogen-bond acceptors (Lipinski definition) is 5. The number of hydrogen-bond donors (Lipinski definition) is 1. The number of carbonyl (C=O) groups is 1. The number of morpholine rings is 1. The highest BCUT2D eigenvalue weighted by Crippen LogP contribution is 2.03. The van der Waals surface area contributed by atoms with Crippen LogP contribution in [-0.2, 0) is 29.0 Å². The van der Waals surface area contributed by atoms with Gasteiger partial charge in [0, 0.05) is 19.6 Å². The quantitative estimate of drug-likeness (QED) is 0.799. The summed E-state index contributed by atoms with van der Waals surface area (Å²) in [6.45, 7) is 4.61. The van der Waals surface area contributed by atoms with Gasteiger partial charge < -0.3 is 14.6 Å². The lowest BCUT2D eigenvalue weighted by atomic mass is 10.1. The first kappa shape index (κ1) is 16.6. The van der Waals surface area contributed by atoms with Gasteiger partial charge >= 0.3 is 0 Å². The predicted octanol–water partition coefficient (Wildman–Crippen LogP) is 0.469. The van der Waals surface area contributed by atoms with Crippen molar-refractivity contribution in [2.24, 2.45) is 0 Å². The van der Waals surface area contributed by atoms with Gasteiger partial charge in [0.25, 0.3) is 0 Å². The van der Waals surface area contributed by atoms with Gasteiger partial charge in [-0.2, -0.15) is 0 Å². The first-order valence-corrected chi connectivity index (χ1v) is 8.28. The Morgan fingerprint density at radius 3 is 2.79 bits per heavy atom. The lowest BCUT2D eigenvalue weighted by Gasteiger charge is -2.25. The first-order chi connectivity index (χ1) is 11.8. The third-order valence-electron chi connectivity index (χ3n) is 4.09. The van der Waals surface area contributed by atoms with E-state index in [0.29, 0.717) is 26.3 Å². The van der Waals surface area contributed by atoms with Gasteiger partial charge in [-0.3, -0.25) is 9.69 Å². The van der Waals surface area contributed by atoms with E-state index in [4.69, 9.17) is 4.74 Å². The lowest BCUT2D eigenvalue weighted by molar-refractivity contribution is -0.123. The molecule has 24 heavy (non-hydrogen) atoms. The average Bonchev–Trinajstić information content (AvgIpc) is 3.07. The van der Waals surface area contributed by atoms with E-state index >= 15 is 0 Å². The summed E-state index contributed by atoms with van der Waals surface area (Å²) in [5.41, 5.74) is 1.27. The molecule has 0 atom stereocenters. The van der Waals surface area contributed by atoms with Gasteiger partial charge in [-0.25, -0.2) is 0 Å². The fourth-order valence-corrected chi connectivity index (χ4v) is 2.69. The summed E-state index contributed by atoms with van der Waals surface area (Å²) in [4.78, 5) is 14.1. The zero-order chi connectivity index (χ0) is 16.6. The Bertz CT molecular complexity index is 637. The molecule has 1 aliphatic heterocycles. The number of aryl methyl sites for hydroxylation is 2. The topological polar surface area (TPSA) is 72.3 Å². The van der Waals surface area contributed by atoms with Crippen molar-refractivity contribution in [1.82, 2.24) is 25.0 Å². The number of benzene rings is 1. The van der Waals surface area contributed by atoms with Gasteiger partial charge in [-0.1, -0.05) is 30.3 Å². The molecule has 0 bridgehead atoms. The standard InChI is InChI=1S/C17H23N5O2/c23-17(13-21-8-10-24-11-9-21)18-12-16-20-19-14-22(16)7-6-15-4-2-1-3-5-15/h1-5,14H,6-13H2,(H,18,23). The fourth-order valence-electron chi connectivity index (χ4n) is 2.69. The average molecular weight is 329 g/mol. The molecule has 1 saturated heterocycles. The molecule has 1 aromatic carbocycles. The SMILES string of the molecule is O=C(CN1CCOCC1)NCc1nncn1CCc1ccccc1. The van der Waals surface area contributed by atoms with Crippen LogP contribution in [0.3, 0.4) is 0 Å². The lowest BCUT2D eigenvalue weighted by Crippen LogP contribution is -2.43. The van der Waals surface area contributed by atoms with E-state index in [1.165, 1.54) is 5.56 Å². The molecule has 7 nitrogen and oxygen atoms in total. The molecule has 1 amide bonds. The number of nitrogens with zero attached hydrogens (tertiary/aromatic N) is 4. The third kappa shape index (κ3) is 4.87. The molecule has 0 aliphatic carbocycles. The molecule has 0 unspecified atom stereocenters. The highest BCUT2D eigenvalue weighted by atomic mass is 16.5. The largest absolute Gasteiger partial charge is 0.379 e. The zero-order valence-electron chi connectivity index (χ0n) is 13.7. The third-order valence-corrected chi connectivity index (χ3v) is 4.09. The van der Waals surface area contributed by atoms with Crippen LogP contribution in [0.1, 0.15) is 11.4 Å². The summed E-state index contributed by atoms with van der Waals surface area (Å²) in [6, 6.07) is 10.3. The van der Waals surface area contributed by atoms with Crippen molar-refractivity contribution in [3.05, 3.63) is 48.0 Å². The van der Waals surface area contributed by atoms with E-state index in [9.17, 15) is 4.79 Å². The highest BCUT2D eigenvalue weighted by molar-refractivity contribution is 5.77. The molecule has 1 aromatic heterocycles. The molecule has 128 valence electrons. The maximum absolute atomic E-state index is 12.0. The number of amides is 1. The number of rotatable bonds is 7. The van der Waals surface area contributed by atoms with Crippen LogP contribution in [0, 0.1) is 0 Å². The molecule has 2 heterocycles. The van der Waals surface area contributed by atoms with E-state index in [1.807, 2.05) is 22.8 Å². The van der Waals surface area contributed by atoms with E-state index in [2.05, 4.69) is 32.5 Å². The second-order valence-electron chi connectivity index (χ2n) is 5.84. The predicted molar refractivity (Wildman–Crippen MR) is 89.3 cm³/mol. The van der Waals surface area contributed by atoms with Crippen molar-refractivity contribution >= 4 is 5.91 Å². The van der Waals surface area contributed by atoms with Crippen LogP contribution in [0.25, 0.3) is 0 Å². The summed E-state index contributed by atoms with van der Waals surface area (Å²) < 4.78 is 7.27. The van der Waals surface area contributed by atoms with Gasteiger partial charge in [0.15, 0.2) is 5.82 Å². The molecule has 7 heteroatoms. The molecule has 1 aliphatic rings. The van der Waals surface area contributed by atoms with Crippen LogP contribution >= 0.6 is 0 Å². The van der Waals surface area contributed by atoms with Gasteiger partial charge in [0.05, 0.1) is 26.3 Å². The molecular weight excluding hydrogens is 306 g/mol. The van der Waals surface area contributed by atoms with Crippen molar-refractivity contribution in [2.45, 2.75) is 19.5 Å². The number of ether oxygens (including phenoxy) is 1. The normalized spacial score (nSPS) is 15.3. The van der Waals surface area contributed by atoms with Gasteiger partial charge in [-0.05, 0) is 12.0 Å². The maximum atomic E-state index is 12.0. The van der Waals surface area contributed by atoms with Crippen molar-refractivity contribution in [3.8, 4) is 0 Å². The fraction of sp³-hybridized carbons (Fsp3) is 0.471. The minimum absolute atomic E-state index is 0.00880. The van der Waals surface area contributed by atoms with E-state index < -0.39 is 0 Å². The Hall–Kier alpha value is -2.25. The van der Waals surface area contributed by atoms with E-state index in [1.54, 1.807) is 6.33 Å². The second kappa shape index (κ2) is 8.56. The molecule has 0 spiro atoms. The maximum Gasteiger partial charge on any atom is 0.234 e. The molecule has 1 fully saturated rings.